The summed E-state index contributed by atoms with van der Waals surface area (Å²) in [6.07, 6.45) is 0. The summed E-state index contributed by atoms with van der Waals surface area (Å²) >= 11 is 5.81. The molecule has 1 aromatic carbocycles. The number of aromatic amines is 1. The number of rotatable bonds is 5. The first-order chi connectivity index (χ1) is 14.9. The minimum Gasteiger partial charge on any atom is -0.336 e. The number of nitrogens with zero attached hydrogens (tertiary/aromatic N) is 5. The van der Waals surface area contributed by atoms with Gasteiger partial charge in [-0.15, -0.1) is 0 Å². The van der Waals surface area contributed by atoms with Crippen LogP contribution >= 0.6 is 11.6 Å². The van der Waals surface area contributed by atoms with Crippen molar-refractivity contribution in [2.75, 3.05) is 31.5 Å². The molecule has 8 nitrogen and oxygen atoms in total. The minimum absolute atomic E-state index is 0.0108. The van der Waals surface area contributed by atoms with Crippen LogP contribution in [0.4, 0.5) is 16.0 Å². The Bertz CT molecular complexity index is 1100. The van der Waals surface area contributed by atoms with Gasteiger partial charge in [-0.3, -0.25) is 14.8 Å². The Labute approximate surface area is 184 Å². The van der Waals surface area contributed by atoms with E-state index in [1.807, 2.05) is 26.0 Å². The van der Waals surface area contributed by atoms with E-state index in [0.717, 1.165) is 11.4 Å². The van der Waals surface area contributed by atoms with Crippen LogP contribution in [-0.4, -0.2) is 62.1 Å². The van der Waals surface area contributed by atoms with Crippen molar-refractivity contribution in [1.82, 2.24) is 30.0 Å². The van der Waals surface area contributed by atoms with Gasteiger partial charge in [0.15, 0.2) is 11.6 Å². The van der Waals surface area contributed by atoms with Crippen LogP contribution in [0.25, 0.3) is 0 Å². The lowest BCUT2D eigenvalue weighted by Crippen LogP contribution is -2.48. The second-order valence-corrected chi connectivity index (χ2v) is 7.93. The molecule has 3 aromatic rings. The average molecular weight is 444 g/mol. The van der Waals surface area contributed by atoms with Crippen LogP contribution in [0.2, 0.25) is 5.02 Å². The molecule has 162 valence electrons. The van der Waals surface area contributed by atoms with Crippen LogP contribution < -0.4 is 5.32 Å². The smallest absolute Gasteiger partial charge is 0.256 e. The van der Waals surface area contributed by atoms with Crippen molar-refractivity contribution >= 4 is 29.1 Å². The normalized spacial score (nSPS) is 14.6. The Kier molecular flexibility index (Phi) is 6.15. The van der Waals surface area contributed by atoms with Crippen molar-refractivity contribution in [2.24, 2.45) is 0 Å². The number of nitrogens with one attached hydrogen (secondary N) is 2. The van der Waals surface area contributed by atoms with Crippen LogP contribution in [0.1, 0.15) is 27.6 Å². The SMILES string of the molecule is Cc1nc(CN2CCN(C(=O)c3cccc(Cl)c3F)CC2)cc(Nc2cc(C)[nH]n2)n1. The molecular formula is C21H23ClFN7O. The van der Waals surface area contributed by atoms with Crippen LogP contribution in [0, 0.1) is 19.7 Å². The van der Waals surface area contributed by atoms with Gasteiger partial charge in [0, 0.05) is 50.6 Å². The lowest BCUT2D eigenvalue weighted by molar-refractivity contribution is 0.0622. The fourth-order valence-electron chi connectivity index (χ4n) is 3.57. The fraction of sp³-hybridized carbons (Fsp3) is 0.333. The number of carbonyl (C=O) groups excluding carboxylic acids is 1. The Morgan fingerprint density at radius 3 is 2.65 bits per heavy atom. The van der Waals surface area contributed by atoms with Crippen molar-refractivity contribution in [2.45, 2.75) is 20.4 Å². The standard InChI is InChI=1S/C21H23ClFN7O/c1-13-10-19(28-27-13)26-18-11-15(24-14(2)25-18)12-29-6-8-30(9-7-29)21(31)16-4-3-5-17(22)20(16)23/h3-5,10-11H,6-9,12H2,1-2H3,(H2,24,25,26,27,28). The van der Waals surface area contributed by atoms with E-state index in [0.29, 0.717) is 50.2 Å². The van der Waals surface area contributed by atoms with Crippen molar-refractivity contribution in [1.29, 1.82) is 0 Å². The molecule has 10 heteroatoms. The maximum absolute atomic E-state index is 14.2. The number of benzene rings is 1. The molecule has 2 N–H and O–H groups in total. The van der Waals surface area contributed by atoms with E-state index in [1.165, 1.54) is 12.1 Å². The predicted octanol–water partition coefficient (Wildman–Crippen LogP) is 3.31. The van der Waals surface area contributed by atoms with Crippen LogP contribution in [0.15, 0.2) is 30.3 Å². The van der Waals surface area contributed by atoms with Crippen molar-refractivity contribution in [3.05, 3.63) is 63.9 Å². The number of hydrogen-bond acceptors (Lipinski definition) is 6. The topological polar surface area (TPSA) is 90.0 Å². The lowest BCUT2D eigenvalue weighted by Gasteiger charge is -2.34. The number of amides is 1. The first-order valence-corrected chi connectivity index (χ1v) is 10.4. The number of anilines is 2. The molecule has 1 aliphatic rings. The highest BCUT2D eigenvalue weighted by Crippen LogP contribution is 2.20. The molecule has 1 saturated heterocycles. The van der Waals surface area contributed by atoms with Crippen molar-refractivity contribution in [3.8, 4) is 0 Å². The number of aryl methyl sites for hydroxylation is 2. The molecule has 1 aliphatic heterocycles. The van der Waals surface area contributed by atoms with Gasteiger partial charge in [-0.05, 0) is 26.0 Å². The molecule has 4 rings (SSSR count). The Morgan fingerprint density at radius 1 is 1.16 bits per heavy atom. The zero-order valence-electron chi connectivity index (χ0n) is 17.3. The molecule has 0 bridgehead atoms. The molecule has 0 saturated carbocycles. The molecule has 2 aromatic heterocycles. The third kappa shape index (κ3) is 5.00. The summed E-state index contributed by atoms with van der Waals surface area (Å²) in [7, 11) is 0. The summed E-state index contributed by atoms with van der Waals surface area (Å²) in [5, 5.41) is 10.2. The zero-order valence-corrected chi connectivity index (χ0v) is 18.1. The summed E-state index contributed by atoms with van der Waals surface area (Å²) < 4.78 is 14.2. The largest absolute Gasteiger partial charge is 0.336 e. The van der Waals surface area contributed by atoms with Crippen LogP contribution in [0.3, 0.4) is 0 Å². The molecule has 0 unspecified atom stereocenters. The summed E-state index contributed by atoms with van der Waals surface area (Å²) in [5.74, 6) is 1.04. The molecule has 3 heterocycles. The Morgan fingerprint density at radius 2 is 1.94 bits per heavy atom. The molecule has 0 atom stereocenters. The summed E-state index contributed by atoms with van der Waals surface area (Å²) in [5.41, 5.74) is 1.85. The molecule has 1 fully saturated rings. The molecule has 0 aliphatic carbocycles. The molecule has 31 heavy (non-hydrogen) atoms. The third-order valence-corrected chi connectivity index (χ3v) is 5.37. The van der Waals surface area contributed by atoms with E-state index in [2.05, 4.69) is 30.4 Å². The van der Waals surface area contributed by atoms with Gasteiger partial charge < -0.3 is 10.2 Å². The number of hydrogen-bond donors (Lipinski definition) is 2. The highest BCUT2D eigenvalue weighted by molar-refractivity contribution is 6.31. The van der Waals surface area contributed by atoms with Gasteiger partial charge in [-0.25, -0.2) is 14.4 Å². The second-order valence-electron chi connectivity index (χ2n) is 7.52. The number of aromatic nitrogens is 4. The maximum Gasteiger partial charge on any atom is 0.256 e. The minimum atomic E-state index is -0.666. The van der Waals surface area contributed by atoms with Gasteiger partial charge in [0.25, 0.3) is 5.91 Å². The van der Waals surface area contributed by atoms with Gasteiger partial charge >= 0.3 is 0 Å². The molecule has 0 radical (unpaired) electrons. The summed E-state index contributed by atoms with van der Waals surface area (Å²) in [6, 6.07) is 8.29. The Hall–Kier alpha value is -3.04. The van der Waals surface area contributed by atoms with E-state index >= 15 is 0 Å². The average Bonchev–Trinajstić information content (AvgIpc) is 3.14. The summed E-state index contributed by atoms with van der Waals surface area (Å²) in [4.78, 5) is 25.5. The molecule has 0 spiro atoms. The highest BCUT2D eigenvalue weighted by atomic mass is 35.5. The van der Waals surface area contributed by atoms with E-state index in [9.17, 15) is 9.18 Å². The van der Waals surface area contributed by atoms with Gasteiger partial charge in [0.1, 0.15) is 11.6 Å². The van der Waals surface area contributed by atoms with Crippen LogP contribution in [-0.2, 0) is 6.54 Å². The second kappa shape index (κ2) is 8.99. The van der Waals surface area contributed by atoms with Gasteiger partial charge in [-0.2, -0.15) is 5.10 Å². The quantitative estimate of drug-likeness (QED) is 0.628. The van der Waals surface area contributed by atoms with E-state index in [4.69, 9.17) is 11.6 Å². The van der Waals surface area contributed by atoms with E-state index < -0.39 is 5.82 Å². The fourth-order valence-corrected chi connectivity index (χ4v) is 3.74. The first kappa shape index (κ1) is 21.2. The number of piperazine rings is 1. The lowest BCUT2D eigenvalue weighted by atomic mass is 10.1. The summed E-state index contributed by atoms with van der Waals surface area (Å²) in [6.45, 7) is 6.75. The maximum atomic E-state index is 14.2. The monoisotopic (exact) mass is 443 g/mol. The van der Waals surface area contributed by atoms with Gasteiger partial charge in [0.05, 0.1) is 16.3 Å². The van der Waals surface area contributed by atoms with E-state index in [1.54, 1.807) is 11.0 Å². The van der Waals surface area contributed by atoms with E-state index in [-0.39, 0.29) is 16.5 Å². The highest BCUT2D eigenvalue weighted by Gasteiger charge is 2.25. The van der Waals surface area contributed by atoms with Crippen molar-refractivity contribution in [3.63, 3.8) is 0 Å². The zero-order chi connectivity index (χ0) is 22.0. The third-order valence-electron chi connectivity index (χ3n) is 5.08. The molecular weight excluding hydrogens is 421 g/mol. The number of carbonyl (C=O) groups is 1. The molecule has 1 amide bonds. The van der Waals surface area contributed by atoms with Gasteiger partial charge in [0.2, 0.25) is 0 Å². The Balaban J connectivity index is 1.37. The number of H-pyrrole nitrogens is 1. The first-order valence-electron chi connectivity index (χ1n) is 9.98. The number of halogens is 2. The predicted molar refractivity (Wildman–Crippen MR) is 116 cm³/mol. The van der Waals surface area contributed by atoms with Gasteiger partial charge in [-0.1, -0.05) is 17.7 Å². The van der Waals surface area contributed by atoms with Crippen LogP contribution in [0.5, 0.6) is 0 Å². The van der Waals surface area contributed by atoms with Crippen molar-refractivity contribution < 1.29 is 9.18 Å².